The lowest BCUT2D eigenvalue weighted by Crippen LogP contribution is -2.62. The quantitative estimate of drug-likeness (QED) is 0.263. The first kappa shape index (κ1) is 15.7. The molecule has 0 saturated carbocycles. The van der Waals surface area contributed by atoms with Crippen molar-refractivity contribution in [2.75, 3.05) is 19.8 Å². The van der Waals surface area contributed by atoms with Crippen LogP contribution in [0.25, 0.3) is 0 Å². The van der Waals surface area contributed by atoms with E-state index in [1.54, 1.807) is 0 Å². The minimum Gasteiger partial charge on any atom is -0.394 e. The van der Waals surface area contributed by atoms with Gasteiger partial charge in [-0.3, -0.25) is 9.87 Å². The lowest BCUT2D eigenvalue weighted by Gasteiger charge is -2.33. The molecular weight excluding hydrogens is 242 g/mol. The molecule has 16 heavy (non-hydrogen) atoms. The highest BCUT2D eigenvalue weighted by atomic mass is 32.2. The number of rotatable bonds is 7. The fourth-order valence-electron chi connectivity index (χ4n) is 1.03. The summed E-state index contributed by atoms with van der Waals surface area (Å²) in [5.74, 6) is 0. The zero-order chi connectivity index (χ0) is 13.0. The molecule has 0 saturated heterocycles. The number of hydrogen-bond acceptors (Lipinski definition) is 7. The second kappa shape index (κ2) is 5.87. The van der Waals surface area contributed by atoms with Crippen molar-refractivity contribution < 1.29 is 33.4 Å². The van der Waals surface area contributed by atoms with Gasteiger partial charge in [0.1, 0.15) is 0 Å². The summed E-state index contributed by atoms with van der Waals surface area (Å²) in [5, 5.41) is 36.3. The average Bonchev–Trinajstić information content (AvgIpc) is 2.18. The van der Waals surface area contributed by atoms with Crippen molar-refractivity contribution in [1.29, 1.82) is 0 Å². The molecule has 0 aromatic carbocycles. The standard InChI is InChI=1S/C7H17NO7S/c1-5(12)6(16(13,14)15)8-7(2-9,3-10)4-11/h5-6,8-12H,2-4H2,1H3,(H,13,14,15). The third kappa shape index (κ3) is 3.94. The van der Waals surface area contributed by atoms with E-state index in [2.05, 4.69) is 5.32 Å². The van der Waals surface area contributed by atoms with Crippen molar-refractivity contribution in [2.24, 2.45) is 0 Å². The van der Waals surface area contributed by atoms with Gasteiger partial charge in [0.2, 0.25) is 0 Å². The molecule has 6 N–H and O–H groups in total. The molecule has 2 unspecified atom stereocenters. The summed E-state index contributed by atoms with van der Waals surface area (Å²) in [6.07, 6.45) is -1.49. The highest BCUT2D eigenvalue weighted by Gasteiger charge is 2.38. The van der Waals surface area contributed by atoms with Crippen LogP contribution in [-0.2, 0) is 10.1 Å². The highest BCUT2D eigenvalue weighted by Crippen LogP contribution is 2.09. The van der Waals surface area contributed by atoms with Gasteiger partial charge in [0.05, 0.1) is 31.5 Å². The predicted octanol–water partition coefficient (Wildman–Crippen LogP) is -3.11. The van der Waals surface area contributed by atoms with Gasteiger partial charge in [-0.15, -0.1) is 0 Å². The molecule has 0 aromatic heterocycles. The molecule has 0 aliphatic heterocycles. The Morgan fingerprint density at radius 3 is 1.75 bits per heavy atom. The van der Waals surface area contributed by atoms with Gasteiger partial charge in [-0.25, -0.2) is 0 Å². The molecule has 0 fully saturated rings. The van der Waals surface area contributed by atoms with Crippen LogP contribution in [0.4, 0.5) is 0 Å². The van der Waals surface area contributed by atoms with E-state index in [-0.39, 0.29) is 0 Å². The van der Waals surface area contributed by atoms with Crippen molar-refractivity contribution >= 4 is 10.1 Å². The first-order valence-corrected chi connectivity index (χ1v) is 5.97. The summed E-state index contributed by atoms with van der Waals surface area (Å²) in [6.45, 7) is -1.20. The van der Waals surface area contributed by atoms with Crippen molar-refractivity contribution in [3.8, 4) is 0 Å². The molecule has 0 rings (SSSR count). The number of aliphatic hydroxyl groups excluding tert-OH is 4. The second-order valence-electron chi connectivity index (χ2n) is 3.58. The average molecular weight is 259 g/mol. The van der Waals surface area contributed by atoms with Crippen molar-refractivity contribution in [3.63, 3.8) is 0 Å². The highest BCUT2D eigenvalue weighted by molar-refractivity contribution is 7.86. The van der Waals surface area contributed by atoms with Crippen LogP contribution in [0.3, 0.4) is 0 Å². The number of hydrogen-bond donors (Lipinski definition) is 6. The Bertz CT molecular complexity index is 290. The summed E-state index contributed by atoms with van der Waals surface area (Å²) >= 11 is 0. The monoisotopic (exact) mass is 259 g/mol. The Hall–Kier alpha value is -0.290. The molecule has 98 valence electrons. The van der Waals surface area contributed by atoms with Gasteiger partial charge in [0.25, 0.3) is 10.1 Å². The predicted molar refractivity (Wildman–Crippen MR) is 54.1 cm³/mol. The lowest BCUT2D eigenvalue weighted by molar-refractivity contribution is 0.0276. The van der Waals surface area contributed by atoms with Crippen molar-refractivity contribution in [3.05, 3.63) is 0 Å². The van der Waals surface area contributed by atoms with Crippen molar-refractivity contribution in [2.45, 2.75) is 23.9 Å². The molecule has 9 heteroatoms. The van der Waals surface area contributed by atoms with E-state index in [0.717, 1.165) is 6.92 Å². The minimum atomic E-state index is -4.62. The number of aliphatic hydroxyl groups is 4. The van der Waals surface area contributed by atoms with Crippen LogP contribution in [0.15, 0.2) is 0 Å². The zero-order valence-corrected chi connectivity index (χ0v) is 9.55. The maximum absolute atomic E-state index is 10.9. The third-order valence-corrected chi connectivity index (χ3v) is 3.27. The molecular formula is C7H17NO7S. The Kier molecular flexibility index (Phi) is 5.76. The molecule has 0 aliphatic carbocycles. The Labute approximate surface area is 93.3 Å². The first-order chi connectivity index (χ1) is 7.22. The van der Waals surface area contributed by atoms with E-state index in [1.807, 2.05) is 0 Å². The van der Waals surface area contributed by atoms with Gasteiger partial charge in [-0.1, -0.05) is 0 Å². The van der Waals surface area contributed by atoms with E-state index in [4.69, 9.17) is 25.0 Å². The second-order valence-corrected chi connectivity index (χ2v) is 5.11. The van der Waals surface area contributed by atoms with Crippen LogP contribution in [0.1, 0.15) is 6.92 Å². The largest absolute Gasteiger partial charge is 0.394 e. The van der Waals surface area contributed by atoms with Crippen LogP contribution in [0.2, 0.25) is 0 Å². The summed E-state index contributed by atoms with van der Waals surface area (Å²) < 4.78 is 30.6. The Balaban J connectivity index is 5.01. The van der Waals surface area contributed by atoms with Gasteiger partial charge in [0.15, 0.2) is 5.37 Å². The number of nitrogens with one attached hydrogen (secondary N) is 1. The summed E-state index contributed by atoms with van der Waals surface area (Å²) in [6, 6.07) is 0. The Morgan fingerprint density at radius 1 is 1.19 bits per heavy atom. The molecule has 0 bridgehead atoms. The van der Waals surface area contributed by atoms with Crippen LogP contribution < -0.4 is 5.32 Å². The summed E-state index contributed by atoms with van der Waals surface area (Å²) in [5.41, 5.74) is -1.70. The van der Waals surface area contributed by atoms with Gasteiger partial charge < -0.3 is 20.4 Å². The smallest absolute Gasteiger partial charge is 0.283 e. The normalized spacial score (nSPS) is 17.1. The summed E-state index contributed by atoms with van der Waals surface area (Å²) in [7, 11) is -4.62. The van der Waals surface area contributed by atoms with Gasteiger partial charge in [0, 0.05) is 0 Å². The summed E-state index contributed by atoms with van der Waals surface area (Å²) in [4.78, 5) is 0. The van der Waals surface area contributed by atoms with Crippen molar-refractivity contribution in [1.82, 2.24) is 5.32 Å². The van der Waals surface area contributed by atoms with Crippen LogP contribution in [0, 0.1) is 0 Å². The van der Waals surface area contributed by atoms with Crippen LogP contribution >= 0.6 is 0 Å². The third-order valence-electron chi connectivity index (χ3n) is 2.12. The topological polar surface area (TPSA) is 147 Å². The molecule has 0 aromatic rings. The first-order valence-electron chi connectivity index (χ1n) is 4.47. The molecule has 8 nitrogen and oxygen atoms in total. The molecule has 0 heterocycles. The Morgan fingerprint density at radius 2 is 1.56 bits per heavy atom. The van der Waals surface area contributed by atoms with Crippen LogP contribution in [-0.4, -0.2) is 70.2 Å². The van der Waals surface area contributed by atoms with Crippen LogP contribution in [0.5, 0.6) is 0 Å². The SMILES string of the molecule is CC(O)C(NC(CO)(CO)CO)S(=O)(=O)O. The molecule has 0 amide bonds. The maximum Gasteiger partial charge on any atom is 0.283 e. The molecule has 0 radical (unpaired) electrons. The zero-order valence-electron chi connectivity index (χ0n) is 8.74. The fourth-order valence-corrected chi connectivity index (χ4v) is 1.93. The molecule has 0 spiro atoms. The van der Waals surface area contributed by atoms with E-state index < -0.39 is 47.0 Å². The van der Waals surface area contributed by atoms with E-state index in [1.165, 1.54) is 0 Å². The minimum absolute atomic E-state index is 0.765. The van der Waals surface area contributed by atoms with E-state index in [0.29, 0.717) is 0 Å². The van der Waals surface area contributed by atoms with E-state index >= 15 is 0 Å². The van der Waals surface area contributed by atoms with E-state index in [9.17, 15) is 8.42 Å². The molecule has 0 aliphatic rings. The lowest BCUT2D eigenvalue weighted by atomic mass is 10.0. The van der Waals surface area contributed by atoms with Gasteiger partial charge in [-0.05, 0) is 6.92 Å². The maximum atomic E-state index is 10.9. The van der Waals surface area contributed by atoms with Gasteiger partial charge in [-0.2, -0.15) is 8.42 Å². The molecule has 2 atom stereocenters. The van der Waals surface area contributed by atoms with Gasteiger partial charge >= 0.3 is 0 Å². The fraction of sp³-hybridized carbons (Fsp3) is 1.00.